The number of benzene rings is 9. The van der Waals surface area contributed by atoms with Crippen LogP contribution in [-0.4, -0.2) is 191 Å². The minimum atomic E-state index is -5.43. The van der Waals surface area contributed by atoms with Crippen LogP contribution in [0.3, 0.4) is 0 Å². The standard InChI is InChI=1S/C32H44FN4O7PS.C32H43FN4O4S.C32H44N4O4S.C4H12Si.2Na/c1-23(2)21-37(46(42,43)27-17-18-29(34)28(33)20-27)26(22-44-45(39,40)41)16-10-11-19-36-32(38)31(35-3)30(24-12-6-4-7-13-24)25-14-8-5-9-15-25;1-23(2)21-37(42(40,41)27-17-18-29(34)28(33)20-27)26(22-38)16-10-11-19-36-32(39)31(35-3)30(24-12-6-4-7-13-24)25-14-8-5-9-15-25;1-24(2)22-36(41(39,40)29-19-17-27(33)18-20-29)28(23-37)16-10-11-21-35-32(38)31(34-3)30(25-12-6-4-7-13-25)26-14-8-5-9-15-26;1-5(2,3)4;;/h4-9,12-15,17-18,20,23,26,30-31,35H,10-11,16,19,21-22,34H2,1-3H3,(H,36,38)(H2,39,40,41);4-9,12-15,17-18,20,23,26,30-31,35,38H,10-11,16,19,21-22,34H2,1-3H3,(H,36,39);4-9,12-15,17-20,24,28,30-31,34,37H,10-11,16,21-23,33H2,1-3H3,(H,35,38);1-4H3;;/q;;;;2*+1/p-2/t2*26-,31-;28-,31-;;;/m000.../s1. The Balaban J connectivity index is 0.000000413. The normalized spacial score (nSPS) is 13.3. The fraction of sp³-hybridized carbons (Fsp3) is 0.430. The third-order valence-electron chi connectivity index (χ3n) is 21.9. The zero-order valence-corrected chi connectivity index (χ0v) is 89.8. The molecular formula is C100H141F2N12Na2O15PS3Si. The van der Waals surface area contributed by atoms with E-state index < -0.39 is 100 Å². The van der Waals surface area contributed by atoms with Crippen molar-refractivity contribution in [2.45, 2.75) is 194 Å². The molecule has 9 aromatic carbocycles. The molecule has 36 heteroatoms. The van der Waals surface area contributed by atoms with E-state index in [9.17, 15) is 73.0 Å². The molecular weight excluding hydrogens is 1850 g/mol. The molecule has 0 radical (unpaired) electrons. The average molecular weight is 1990 g/mol. The second-order valence-corrected chi connectivity index (χ2v) is 48.8. The van der Waals surface area contributed by atoms with E-state index in [0.29, 0.717) is 76.7 Å². The molecule has 9 aromatic rings. The quantitative estimate of drug-likeness (QED) is 0.00787. The number of halogens is 2. The van der Waals surface area contributed by atoms with Crippen LogP contribution in [0, 0.1) is 29.4 Å². The number of nitrogens with zero attached hydrogens (tertiary/aromatic N) is 3. The molecule has 0 fully saturated rings. The number of phosphoric ester groups is 1. The van der Waals surface area contributed by atoms with Crippen LogP contribution in [0.2, 0.25) is 26.2 Å². The molecule has 734 valence electrons. The number of anilines is 3. The van der Waals surface area contributed by atoms with Gasteiger partial charge in [0.15, 0.2) is 0 Å². The van der Waals surface area contributed by atoms with Crippen molar-refractivity contribution < 1.29 is 137 Å². The molecule has 14 N–H and O–H groups in total. The third-order valence-corrected chi connectivity index (χ3v) is 28.1. The minimum Gasteiger partial charge on any atom is -0.790 e. The van der Waals surface area contributed by atoms with E-state index in [1.54, 1.807) is 47.1 Å². The van der Waals surface area contributed by atoms with Gasteiger partial charge in [-0.3, -0.25) is 14.4 Å². The Morgan fingerprint density at radius 3 is 0.860 bits per heavy atom. The van der Waals surface area contributed by atoms with Crippen molar-refractivity contribution in [1.29, 1.82) is 0 Å². The van der Waals surface area contributed by atoms with Gasteiger partial charge in [0.2, 0.25) is 47.8 Å². The van der Waals surface area contributed by atoms with Crippen molar-refractivity contribution >= 4 is 80.8 Å². The van der Waals surface area contributed by atoms with Crippen molar-refractivity contribution in [1.82, 2.24) is 44.8 Å². The second-order valence-electron chi connectivity index (χ2n) is 36.0. The van der Waals surface area contributed by atoms with Crippen LogP contribution >= 0.6 is 7.82 Å². The van der Waals surface area contributed by atoms with Crippen molar-refractivity contribution in [2.75, 3.05) is 97.4 Å². The van der Waals surface area contributed by atoms with E-state index in [0.717, 1.165) is 62.0 Å². The summed E-state index contributed by atoms with van der Waals surface area (Å²) < 4.78 is 129. The van der Waals surface area contributed by atoms with Crippen LogP contribution in [-0.2, 0) is 53.5 Å². The van der Waals surface area contributed by atoms with Gasteiger partial charge in [0.1, 0.15) is 11.6 Å². The second kappa shape index (κ2) is 60.6. The van der Waals surface area contributed by atoms with E-state index in [1.807, 2.05) is 210 Å². The number of nitrogen functional groups attached to an aromatic ring is 3. The first-order valence-electron chi connectivity index (χ1n) is 45.6. The number of nitrogens with two attached hydrogens (primary N) is 3. The predicted molar refractivity (Wildman–Crippen MR) is 530 cm³/mol. The number of carbonyl (C=O) groups is 3. The largest absolute Gasteiger partial charge is 1.00 e. The summed E-state index contributed by atoms with van der Waals surface area (Å²) in [6.07, 6.45) is 4.16. The fourth-order valence-electron chi connectivity index (χ4n) is 15.5. The zero-order valence-electron chi connectivity index (χ0n) is 81.5. The number of rotatable bonds is 50. The summed E-state index contributed by atoms with van der Waals surface area (Å²) in [6.45, 7) is 20.6. The van der Waals surface area contributed by atoms with Crippen molar-refractivity contribution in [3.05, 3.63) is 288 Å². The van der Waals surface area contributed by atoms with E-state index in [-0.39, 0.29) is 178 Å². The molecule has 0 unspecified atom stereocenters. The number of carbonyl (C=O) groups excluding carboxylic acids is 3. The van der Waals surface area contributed by atoms with Gasteiger partial charge in [-0.1, -0.05) is 269 Å². The fourth-order valence-corrected chi connectivity index (χ4v) is 21.3. The molecule has 136 heavy (non-hydrogen) atoms. The van der Waals surface area contributed by atoms with Gasteiger partial charge < -0.3 is 78.2 Å². The Morgan fingerprint density at radius 1 is 0.397 bits per heavy atom. The van der Waals surface area contributed by atoms with E-state index in [4.69, 9.17) is 17.2 Å². The third kappa shape index (κ3) is 39.5. The Bertz CT molecular complexity index is 5280. The van der Waals surface area contributed by atoms with Gasteiger partial charge in [0.05, 0.1) is 71.8 Å². The van der Waals surface area contributed by atoms with E-state index >= 15 is 0 Å². The van der Waals surface area contributed by atoms with Gasteiger partial charge in [-0.05, 0) is 171 Å². The van der Waals surface area contributed by atoms with Gasteiger partial charge >= 0.3 is 59.1 Å². The molecule has 27 nitrogen and oxygen atoms in total. The number of unbranched alkanes of at least 4 members (excludes halogenated alkanes) is 3. The Labute approximate surface area is 851 Å². The molecule has 0 aromatic heterocycles. The van der Waals surface area contributed by atoms with Crippen LogP contribution in [0.4, 0.5) is 25.8 Å². The number of hydrogen-bond acceptors (Lipinski definition) is 21. The molecule has 0 aliphatic carbocycles. The van der Waals surface area contributed by atoms with Crippen LogP contribution in [0.5, 0.6) is 0 Å². The molecule has 0 spiro atoms. The number of amides is 3. The summed E-state index contributed by atoms with van der Waals surface area (Å²) in [4.78, 5) is 62.4. The summed E-state index contributed by atoms with van der Waals surface area (Å²) in [5, 5.41) is 38.9. The molecule has 0 aliphatic rings. The van der Waals surface area contributed by atoms with Crippen molar-refractivity contribution in [3.63, 3.8) is 0 Å². The number of nitrogens with one attached hydrogen (secondary N) is 6. The first kappa shape index (κ1) is 121. The Kier molecular flexibility index (Phi) is 53.8. The maximum absolute atomic E-state index is 14.2. The topological polar surface area (TPSA) is 426 Å². The molecule has 9 rings (SSSR count). The monoisotopic (exact) mass is 1990 g/mol. The first-order valence-corrected chi connectivity index (χ1v) is 55.3. The zero-order chi connectivity index (χ0) is 98.9. The van der Waals surface area contributed by atoms with Crippen molar-refractivity contribution in [3.8, 4) is 0 Å². The first-order chi connectivity index (χ1) is 63.5. The summed E-state index contributed by atoms with van der Waals surface area (Å²) in [6, 6.07) is 67.8. The number of likely N-dealkylation sites (N-methyl/N-ethyl adjacent to an activating group) is 3. The Hall–Kier alpha value is -7.49. The van der Waals surface area contributed by atoms with Gasteiger partial charge in [-0.25, -0.2) is 34.0 Å². The summed E-state index contributed by atoms with van der Waals surface area (Å²) in [5.41, 5.74) is 23.0. The summed E-state index contributed by atoms with van der Waals surface area (Å²) in [5.74, 6) is -2.96. The summed E-state index contributed by atoms with van der Waals surface area (Å²) in [7, 11) is -13.0. The molecule has 6 atom stereocenters. The minimum absolute atomic E-state index is 0. The van der Waals surface area contributed by atoms with E-state index in [1.165, 1.54) is 32.9 Å². The van der Waals surface area contributed by atoms with Gasteiger partial charge in [0, 0.05) is 88.9 Å². The van der Waals surface area contributed by atoms with Crippen LogP contribution in [0.25, 0.3) is 0 Å². The van der Waals surface area contributed by atoms with Crippen LogP contribution in [0.15, 0.2) is 257 Å². The van der Waals surface area contributed by atoms with E-state index in [2.05, 4.69) is 62.6 Å². The SMILES string of the molecule is CN[C@H](C(=O)NCCCC[C@@H](CO)N(CC(C)C)S(=O)(=O)c1ccc(N)c(F)c1)C(c1ccccc1)c1ccccc1.CN[C@H](C(=O)NCCCC[C@@H](CO)N(CC(C)C)S(=O)(=O)c1ccc(N)cc1)C(c1ccccc1)c1ccccc1.CN[C@H](C(=O)NCCCC[C@@H](COP(=O)([O-])[O-])N(CC(C)C)S(=O)(=O)c1ccc(N)c(F)c1)C(c1ccccc1)c1ccccc1.C[Si](C)(C)C.[Na+].[Na+]. The number of aliphatic hydroxyl groups is 2. The maximum Gasteiger partial charge on any atom is 1.00 e. The summed E-state index contributed by atoms with van der Waals surface area (Å²) >= 11 is 0. The molecule has 0 saturated heterocycles. The van der Waals surface area contributed by atoms with Crippen LogP contribution < -0.4 is 118 Å². The molecule has 0 bridgehead atoms. The number of sulfonamides is 3. The predicted octanol–water partition coefficient (Wildman–Crippen LogP) is 7.04. The molecule has 3 amide bonds. The average Bonchev–Trinajstić information content (AvgIpc) is 0.787. The molecule has 0 heterocycles. The Morgan fingerprint density at radius 2 is 0.632 bits per heavy atom. The number of phosphoric acid groups is 1. The van der Waals surface area contributed by atoms with Crippen LogP contribution in [0.1, 0.15) is 150 Å². The number of aliphatic hydroxyl groups excluding tert-OH is 2. The number of hydrogen-bond donors (Lipinski definition) is 11. The van der Waals surface area contributed by atoms with Gasteiger partial charge in [-0.15, -0.1) is 0 Å². The van der Waals surface area contributed by atoms with Crippen molar-refractivity contribution in [2.24, 2.45) is 17.8 Å². The van der Waals surface area contributed by atoms with Gasteiger partial charge in [0.25, 0.3) is 0 Å². The smallest absolute Gasteiger partial charge is 0.790 e. The molecule has 0 aliphatic heterocycles. The molecule has 0 saturated carbocycles. The maximum atomic E-state index is 14.2. The van der Waals surface area contributed by atoms with Gasteiger partial charge in [-0.2, -0.15) is 12.9 Å².